The zero-order chi connectivity index (χ0) is 7.28. The molecule has 9 heavy (non-hydrogen) atoms. The Morgan fingerprint density at radius 1 is 1.22 bits per heavy atom. The molecular weight excluding hydrogens is 142 g/mol. The van der Waals surface area contributed by atoms with Crippen molar-refractivity contribution in [3.63, 3.8) is 0 Å². The zero-order valence-corrected chi connectivity index (χ0v) is 4.25. The first kappa shape index (κ1) is 6.83. The van der Waals surface area contributed by atoms with E-state index in [0.717, 1.165) is 0 Å². The van der Waals surface area contributed by atoms with Crippen LogP contribution in [0, 0.1) is 0 Å². The van der Waals surface area contributed by atoms with Gasteiger partial charge >= 0.3 is 6.98 Å². The highest BCUT2D eigenvalue weighted by Crippen LogP contribution is 2.60. The van der Waals surface area contributed by atoms with Crippen molar-refractivity contribution in [3.05, 3.63) is 0 Å². The molecule has 0 spiro atoms. The maximum absolute atomic E-state index is 11.6. The molecule has 0 aromatic carbocycles. The van der Waals surface area contributed by atoms with Gasteiger partial charge in [-0.25, -0.2) is 8.78 Å². The number of halogens is 5. The van der Waals surface area contributed by atoms with Gasteiger partial charge in [0.1, 0.15) is 0 Å². The van der Waals surface area contributed by atoms with Gasteiger partial charge in [-0.3, -0.25) is 0 Å². The number of hydrogen-bond donors (Lipinski definition) is 0. The third kappa shape index (κ3) is 1.16. The summed E-state index contributed by atoms with van der Waals surface area (Å²) in [6.45, 7) is -5.29. The van der Waals surface area contributed by atoms with Crippen molar-refractivity contribution in [2.45, 2.75) is 18.2 Å². The summed E-state index contributed by atoms with van der Waals surface area (Å²) in [6, 6.07) is 0. The molecule has 1 atom stereocenters. The Morgan fingerprint density at radius 2 is 1.56 bits per heavy atom. The normalized spacial score (nSPS) is 32.3. The lowest BCUT2D eigenvalue weighted by molar-refractivity contribution is 0.115. The monoisotopic (exact) mass is 145 g/mol. The molecule has 54 valence electrons. The van der Waals surface area contributed by atoms with Crippen LogP contribution >= 0.6 is 0 Å². The average molecular weight is 145 g/mol. The van der Waals surface area contributed by atoms with E-state index in [4.69, 9.17) is 0 Å². The molecule has 0 aromatic heterocycles. The van der Waals surface area contributed by atoms with Crippen molar-refractivity contribution in [2.24, 2.45) is 0 Å². The van der Waals surface area contributed by atoms with E-state index in [0.29, 0.717) is 0 Å². The van der Waals surface area contributed by atoms with E-state index >= 15 is 0 Å². The lowest BCUT2D eigenvalue weighted by Crippen LogP contribution is -2.18. The lowest BCUT2D eigenvalue weighted by Gasteiger charge is -2.10. The van der Waals surface area contributed by atoms with Crippen LogP contribution in [0.1, 0.15) is 6.42 Å². The standard InChI is InChI=1S/C3H3BF5/c5-3(6)1-2(3)4(7,8)9/h2H,1H2/q-1/t2-/m0/s1. The molecule has 0 N–H and O–H groups in total. The van der Waals surface area contributed by atoms with Crippen LogP contribution in [0.5, 0.6) is 0 Å². The second-order valence-electron chi connectivity index (χ2n) is 2.20. The van der Waals surface area contributed by atoms with Gasteiger partial charge in [0.05, 0.1) is 0 Å². The number of hydrogen-bond acceptors (Lipinski definition) is 0. The fraction of sp³-hybridized carbons (Fsp3) is 1.00. The van der Waals surface area contributed by atoms with Gasteiger partial charge in [-0.1, -0.05) is 0 Å². The maximum atomic E-state index is 11.6. The van der Waals surface area contributed by atoms with Crippen LogP contribution in [0.15, 0.2) is 0 Å². The first-order chi connectivity index (χ1) is 3.84. The highest BCUT2D eigenvalue weighted by molar-refractivity contribution is 6.61. The van der Waals surface area contributed by atoms with Gasteiger partial charge in [0.2, 0.25) is 5.92 Å². The lowest BCUT2D eigenvalue weighted by atomic mass is 9.83. The molecule has 0 amide bonds. The minimum absolute atomic E-state index is 1.00. The number of alkyl halides is 2. The summed E-state index contributed by atoms with van der Waals surface area (Å²) in [6.07, 6.45) is -1.00. The highest BCUT2D eigenvalue weighted by atomic mass is 19.4. The summed E-state index contributed by atoms with van der Waals surface area (Å²) >= 11 is 0. The second kappa shape index (κ2) is 1.41. The highest BCUT2D eigenvalue weighted by Gasteiger charge is 2.64. The molecule has 0 aliphatic heterocycles. The molecule has 0 radical (unpaired) electrons. The molecule has 0 aromatic rings. The van der Waals surface area contributed by atoms with Crippen molar-refractivity contribution in [1.82, 2.24) is 0 Å². The predicted molar refractivity (Wildman–Crippen MR) is 22.4 cm³/mol. The largest absolute Gasteiger partial charge is 0.487 e. The average Bonchev–Trinajstić information content (AvgIpc) is 2.10. The van der Waals surface area contributed by atoms with E-state index in [1.54, 1.807) is 0 Å². The van der Waals surface area contributed by atoms with Crippen LogP contribution in [0.25, 0.3) is 0 Å². The molecule has 0 heterocycles. The molecule has 1 aliphatic rings. The van der Waals surface area contributed by atoms with Crippen molar-refractivity contribution >= 4 is 6.98 Å². The fourth-order valence-corrected chi connectivity index (χ4v) is 0.644. The van der Waals surface area contributed by atoms with Crippen LogP contribution in [0.4, 0.5) is 21.7 Å². The van der Waals surface area contributed by atoms with Crippen LogP contribution in [-0.2, 0) is 0 Å². The van der Waals surface area contributed by atoms with Crippen LogP contribution < -0.4 is 0 Å². The van der Waals surface area contributed by atoms with Gasteiger partial charge in [0.25, 0.3) is 0 Å². The topological polar surface area (TPSA) is 0 Å². The van der Waals surface area contributed by atoms with E-state index < -0.39 is 25.1 Å². The van der Waals surface area contributed by atoms with Gasteiger partial charge in [-0.2, -0.15) is 0 Å². The van der Waals surface area contributed by atoms with Gasteiger partial charge in [-0.15, -0.1) is 0 Å². The van der Waals surface area contributed by atoms with E-state index in [-0.39, 0.29) is 0 Å². The summed E-state index contributed by atoms with van der Waals surface area (Å²) in [5, 5.41) is 0. The smallest absolute Gasteiger partial charge is 0.449 e. The Kier molecular flexibility index (Phi) is 1.07. The summed E-state index contributed by atoms with van der Waals surface area (Å²) in [5.41, 5.74) is 0. The molecular formula is C3H3BF5-. The summed E-state index contributed by atoms with van der Waals surface area (Å²) in [7, 11) is 0. The Labute approximate surface area is 48.1 Å². The molecule has 6 heteroatoms. The minimum Gasteiger partial charge on any atom is -0.449 e. The Bertz CT molecular complexity index is 127. The fourth-order valence-electron chi connectivity index (χ4n) is 0.644. The maximum Gasteiger partial charge on any atom is 0.487 e. The molecule has 0 saturated heterocycles. The molecule has 0 nitrogen and oxygen atoms in total. The van der Waals surface area contributed by atoms with Gasteiger partial charge in [-0.05, 0) is 12.2 Å². The Hall–Kier alpha value is -0.285. The molecule has 1 fully saturated rings. The Morgan fingerprint density at radius 3 is 1.56 bits per heavy atom. The predicted octanol–water partition coefficient (Wildman–Crippen LogP) is 2.24. The first-order valence-electron chi connectivity index (χ1n) is 2.42. The van der Waals surface area contributed by atoms with Crippen molar-refractivity contribution in [2.75, 3.05) is 0 Å². The van der Waals surface area contributed by atoms with E-state index in [9.17, 15) is 21.7 Å². The van der Waals surface area contributed by atoms with Crippen LogP contribution in [-0.4, -0.2) is 12.9 Å². The van der Waals surface area contributed by atoms with E-state index in [1.807, 2.05) is 0 Å². The summed E-state index contributed by atoms with van der Waals surface area (Å²) in [4.78, 5) is 0. The third-order valence-corrected chi connectivity index (χ3v) is 1.33. The van der Waals surface area contributed by atoms with Gasteiger partial charge in [0, 0.05) is 0 Å². The summed E-state index contributed by atoms with van der Waals surface area (Å²) < 4.78 is 57.1. The number of rotatable bonds is 1. The van der Waals surface area contributed by atoms with Gasteiger partial charge < -0.3 is 12.9 Å². The van der Waals surface area contributed by atoms with Crippen LogP contribution in [0.2, 0.25) is 5.82 Å². The zero-order valence-electron chi connectivity index (χ0n) is 4.25. The third-order valence-electron chi connectivity index (χ3n) is 1.33. The molecule has 0 bridgehead atoms. The van der Waals surface area contributed by atoms with E-state index in [1.165, 1.54) is 0 Å². The quantitative estimate of drug-likeness (QED) is 0.392. The van der Waals surface area contributed by atoms with Crippen molar-refractivity contribution in [3.8, 4) is 0 Å². The van der Waals surface area contributed by atoms with Crippen molar-refractivity contribution < 1.29 is 21.7 Å². The van der Waals surface area contributed by atoms with Crippen molar-refractivity contribution in [1.29, 1.82) is 0 Å². The first-order valence-corrected chi connectivity index (χ1v) is 2.42. The van der Waals surface area contributed by atoms with E-state index in [2.05, 4.69) is 0 Å². The summed E-state index contributed by atoms with van der Waals surface area (Å²) in [5.74, 6) is -5.75. The van der Waals surface area contributed by atoms with Crippen LogP contribution in [0.3, 0.4) is 0 Å². The SMILES string of the molecule is F[B-](F)(F)[C@H]1CC1(F)F. The van der Waals surface area contributed by atoms with Gasteiger partial charge in [0.15, 0.2) is 0 Å². The molecule has 0 unspecified atom stereocenters. The molecule has 1 aliphatic carbocycles. The molecule has 1 rings (SSSR count). The minimum atomic E-state index is -5.29. The second-order valence-corrected chi connectivity index (χ2v) is 2.20. The molecule has 1 saturated carbocycles. The Balaban J connectivity index is 2.52.